The monoisotopic (exact) mass is 302 g/mol. The van der Waals surface area contributed by atoms with Gasteiger partial charge in [0.15, 0.2) is 0 Å². The number of sulfonamides is 1. The molecule has 2 N–H and O–H groups in total. The van der Waals surface area contributed by atoms with Crippen LogP contribution in [0.25, 0.3) is 0 Å². The number of furan rings is 1. The van der Waals surface area contributed by atoms with Crippen LogP contribution in [0, 0.1) is 0 Å². The lowest BCUT2D eigenvalue weighted by Gasteiger charge is -2.23. The summed E-state index contributed by atoms with van der Waals surface area (Å²) in [6.45, 7) is 4.18. The van der Waals surface area contributed by atoms with E-state index in [0.29, 0.717) is 0 Å². The van der Waals surface area contributed by atoms with E-state index in [9.17, 15) is 13.2 Å². The first-order valence-corrected chi connectivity index (χ1v) is 7.95. The highest BCUT2D eigenvalue weighted by molar-refractivity contribution is 7.89. The molecular formula is C12H18N2O5S. The zero-order valence-corrected chi connectivity index (χ0v) is 12.0. The molecule has 1 saturated heterocycles. The molecule has 2 heterocycles. The maximum absolute atomic E-state index is 12.0. The van der Waals surface area contributed by atoms with Crippen LogP contribution in [0.3, 0.4) is 0 Å². The molecule has 0 bridgehead atoms. The zero-order chi connectivity index (χ0) is 14.8. The van der Waals surface area contributed by atoms with Crippen LogP contribution in [-0.2, 0) is 10.0 Å². The Labute approximate surface area is 117 Å². The van der Waals surface area contributed by atoms with Gasteiger partial charge in [0.05, 0.1) is 0 Å². The van der Waals surface area contributed by atoms with E-state index in [-0.39, 0.29) is 17.7 Å². The van der Waals surface area contributed by atoms with Gasteiger partial charge in [-0.15, -0.1) is 0 Å². The predicted molar refractivity (Wildman–Crippen MR) is 71.1 cm³/mol. The Morgan fingerprint density at radius 2 is 2.10 bits per heavy atom. The molecule has 1 aromatic heterocycles. The van der Waals surface area contributed by atoms with Gasteiger partial charge in [0.1, 0.15) is 0 Å². The smallest absolute Gasteiger partial charge is 0.371 e. The summed E-state index contributed by atoms with van der Waals surface area (Å²) in [7, 11) is -3.80. The fraction of sp³-hybridized carbons (Fsp3) is 0.583. The fourth-order valence-corrected chi connectivity index (χ4v) is 3.24. The average molecular weight is 302 g/mol. The van der Waals surface area contributed by atoms with Crippen molar-refractivity contribution >= 4 is 16.0 Å². The third-order valence-electron chi connectivity index (χ3n) is 3.39. The van der Waals surface area contributed by atoms with Gasteiger partial charge in [-0.1, -0.05) is 0 Å². The van der Waals surface area contributed by atoms with Gasteiger partial charge in [0, 0.05) is 12.6 Å². The number of hydrogen-bond donors (Lipinski definition) is 2. The minimum atomic E-state index is -3.80. The van der Waals surface area contributed by atoms with E-state index < -0.39 is 21.8 Å². The second-order valence-electron chi connectivity index (χ2n) is 4.87. The number of rotatable bonds is 6. The number of carbonyl (C=O) groups is 1. The lowest BCUT2D eigenvalue weighted by atomic mass is 10.3. The van der Waals surface area contributed by atoms with Crippen LogP contribution in [0.4, 0.5) is 0 Å². The van der Waals surface area contributed by atoms with Crippen LogP contribution < -0.4 is 4.72 Å². The molecule has 1 unspecified atom stereocenters. The van der Waals surface area contributed by atoms with Crippen LogP contribution in [0.15, 0.2) is 21.6 Å². The first-order chi connectivity index (χ1) is 9.40. The molecule has 1 fully saturated rings. The van der Waals surface area contributed by atoms with Crippen molar-refractivity contribution in [1.29, 1.82) is 0 Å². The highest BCUT2D eigenvalue weighted by Gasteiger charge is 2.24. The standard InChI is InChI=1S/C12H18N2O5S/c1-9(14-6-2-3-7-14)8-13-20(17,18)11-5-4-10(19-11)12(15)16/h4-5,9,13H,2-3,6-8H2,1H3,(H,15,16). The van der Waals surface area contributed by atoms with Crippen LogP contribution in [0.2, 0.25) is 0 Å². The summed E-state index contributed by atoms with van der Waals surface area (Å²) in [5.74, 6) is -1.69. The third-order valence-corrected chi connectivity index (χ3v) is 4.69. The minimum absolute atomic E-state index is 0.0983. The molecule has 0 aliphatic carbocycles. The SMILES string of the molecule is CC(CNS(=O)(=O)c1ccc(C(=O)O)o1)N1CCCC1. The zero-order valence-electron chi connectivity index (χ0n) is 11.2. The topological polar surface area (TPSA) is 99.8 Å². The van der Waals surface area contributed by atoms with Crippen molar-refractivity contribution in [2.45, 2.75) is 30.9 Å². The van der Waals surface area contributed by atoms with E-state index in [0.717, 1.165) is 38.1 Å². The van der Waals surface area contributed by atoms with Gasteiger partial charge in [-0.05, 0) is 45.0 Å². The third kappa shape index (κ3) is 3.38. The van der Waals surface area contributed by atoms with Crippen LogP contribution in [0.1, 0.15) is 30.3 Å². The van der Waals surface area contributed by atoms with Crippen LogP contribution in [0.5, 0.6) is 0 Å². The van der Waals surface area contributed by atoms with Gasteiger partial charge in [0.25, 0.3) is 10.0 Å². The van der Waals surface area contributed by atoms with Gasteiger partial charge in [-0.3, -0.25) is 4.90 Å². The summed E-state index contributed by atoms with van der Waals surface area (Å²) in [4.78, 5) is 12.9. The summed E-state index contributed by atoms with van der Waals surface area (Å²) in [5.41, 5.74) is 0. The van der Waals surface area contributed by atoms with Gasteiger partial charge < -0.3 is 9.52 Å². The molecule has 20 heavy (non-hydrogen) atoms. The molecule has 1 aliphatic heterocycles. The van der Waals surface area contributed by atoms with Gasteiger partial charge in [-0.25, -0.2) is 17.9 Å². The van der Waals surface area contributed by atoms with Crippen molar-refractivity contribution in [3.8, 4) is 0 Å². The van der Waals surface area contributed by atoms with Gasteiger partial charge in [-0.2, -0.15) is 0 Å². The summed E-state index contributed by atoms with van der Waals surface area (Å²) in [6, 6.07) is 2.37. The van der Waals surface area contributed by atoms with Crippen molar-refractivity contribution in [3.63, 3.8) is 0 Å². The first kappa shape index (κ1) is 15.0. The molecule has 1 aliphatic rings. The van der Waals surface area contributed by atoms with E-state index in [1.807, 2.05) is 6.92 Å². The summed E-state index contributed by atoms with van der Waals surface area (Å²) in [6.07, 6.45) is 2.27. The molecular weight excluding hydrogens is 284 g/mol. The molecule has 0 amide bonds. The lowest BCUT2D eigenvalue weighted by Crippen LogP contribution is -2.40. The van der Waals surface area contributed by atoms with E-state index in [1.54, 1.807) is 0 Å². The maximum Gasteiger partial charge on any atom is 0.371 e. The lowest BCUT2D eigenvalue weighted by molar-refractivity contribution is 0.0656. The average Bonchev–Trinajstić information content (AvgIpc) is 3.06. The Kier molecular flexibility index (Phi) is 4.46. The normalized spacial score (nSPS) is 18.2. The number of nitrogens with zero attached hydrogens (tertiary/aromatic N) is 1. The van der Waals surface area contributed by atoms with Crippen molar-refractivity contribution in [3.05, 3.63) is 17.9 Å². The van der Waals surface area contributed by atoms with Crippen molar-refractivity contribution in [1.82, 2.24) is 9.62 Å². The van der Waals surface area contributed by atoms with Crippen molar-refractivity contribution in [2.75, 3.05) is 19.6 Å². The number of nitrogens with one attached hydrogen (secondary N) is 1. The molecule has 0 aromatic carbocycles. The second-order valence-corrected chi connectivity index (χ2v) is 6.57. The van der Waals surface area contributed by atoms with E-state index in [1.165, 1.54) is 0 Å². The van der Waals surface area contributed by atoms with Gasteiger partial charge >= 0.3 is 5.97 Å². The molecule has 112 valence electrons. The predicted octanol–water partition coefficient (Wildman–Crippen LogP) is 0.740. The highest BCUT2D eigenvalue weighted by Crippen LogP contribution is 2.15. The Balaban J connectivity index is 1.97. The molecule has 0 radical (unpaired) electrons. The Morgan fingerprint density at radius 3 is 2.65 bits per heavy atom. The number of likely N-dealkylation sites (tertiary alicyclic amines) is 1. The van der Waals surface area contributed by atoms with Crippen molar-refractivity contribution in [2.24, 2.45) is 0 Å². The largest absolute Gasteiger partial charge is 0.475 e. The first-order valence-electron chi connectivity index (χ1n) is 6.47. The molecule has 2 rings (SSSR count). The molecule has 1 atom stereocenters. The molecule has 1 aromatic rings. The Morgan fingerprint density at radius 1 is 1.45 bits per heavy atom. The Bertz CT molecular complexity index is 574. The molecule has 8 heteroatoms. The number of carboxylic acids is 1. The van der Waals surface area contributed by atoms with E-state index >= 15 is 0 Å². The number of carboxylic acid groups (broad SMARTS) is 1. The highest BCUT2D eigenvalue weighted by atomic mass is 32.2. The quantitative estimate of drug-likeness (QED) is 0.804. The second kappa shape index (κ2) is 5.94. The number of hydrogen-bond acceptors (Lipinski definition) is 5. The van der Waals surface area contributed by atoms with Crippen LogP contribution >= 0.6 is 0 Å². The summed E-state index contributed by atoms with van der Waals surface area (Å²) in [5, 5.41) is 8.34. The molecule has 0 saturated carbocycles. The number of aromatic carboxylic acids is 1. The van der Waals surface area contributed by atoms with Crippen LogP contribution in [-0.4, -0.2) is 50.1 Å². The molecule has 0 spiro atoms. The van der Waals surface area contributed by atoms with E-state index in [4.69, 9.17) is 9.52 Å². The van der Waals surface area contributed by atoms with Gasteiger partial charge in [0.2, 0.25) is 10.9 Å². The summed E-state index contributed by atoms with van der Waals surface area (Å²) < 4.78 is 31.2. The summed E-state index contributed by atoms with van der Waals surface area (Å²) >= 11 is 0. The van der Waals surface area contributed by atoms with E-state index in [2.05, 4.69) is 9.62 Å². The Hall–Kier alpha value is -1.38. The fourth-order valence-electron chi connectivity index (χ4n) is 2.19. The molecule has 7 nitrogen and oxygen atoms in total. The maximum atomic E-state index is 12.0. The van der Waals surface area contributed by atoms with Crippen molar-refractivity contribution < 1.29 is 22.7 Å². The minimum Gasteiger partial charge on any atom is -0.475 e.